The number of carbonyl (C=O) groups is 1. The van der Waals surface area contributed by atoms with Gasteiger partial charge in [0.1, 0.15) is 12.7 Å². The maximum absolute atomic E-state index is 12.8. The number of amides is 2. The summed E-state index contributed by atoms with van der Waals surface area (Å²) in [5, 5.41) is 7.29. The molecule has 0 aliphatic rings. The summed E-state index contributed by atoms with van der Waals surface area (Å²) in [6, 6.07) is 18.4. The number of nitrogens with one attached hydrogen (secondary N) is 1. The molecule has 0 aliphatic carbocycles. The largest absolute Gasteiger partial charge is 0.335 e. The van der Waals surface area contributed by atoms with Gasteiger partial charge in [0.25, 0.3) is 0 Å². The quantitative estimate of drug-likeness (QED) is 0.618. The monoisotopic (exact) mass is 405 g/mol. The molecule has 3 aromatic rings. The highest BCUT2D eigenvalue weighted by atomic mass is 16.2. The smallest absolute Gasteiger partial charge is 0.317 e. The van der Waals surface area contributed by atoms with Crippen molar-refractivity contribution in [3.05, 3.63) is 78.4 Å². The van der Waals surface area contributed by atoms with E-state index in [1.165, 1.54) is 11.9 Å². The molecule has 0 radical (unpaired) electrons. The van der Waals surface area contributed by atoms with Gasteiger partial charge in [0.15, 0.2) is 0 Å². The summed E-state index contributed by atoms with van der Waals surface area (Å²) in [6.45, 7) is 8.53. The van der Waals surface area contributed by atoms with E-state index < -0.39 is 0 Å². The Labute approximate surface area is 178 Å². The Hall–Kier alpha value is -3.15. The van der Waals surface area contributed by atoms with Crippen LogP contribution in [-0.4, -0.2) is 38.8 Å². The Morgan fingerprint density at radius 1 is 1.10 bits per heavy atom. The van der Waals surface area contributed by atoms with Crippen molar-refractivity contribution in [3.8, 4) is 5.69 Å². The lowest BCUT2D eigenvalue weighted by Gasteiger charge is -2.31. The molecule has 30 heavy (non-hydrogen) atoms. The van der Waals surface area contributed by atoms with Gasteiger partial charge in [-0.3, -0.25) is 0 Å². The molecule has 2 amide bonds. The number of urea groups is 1. The molecule has 6 heteroatoms. The number of rotatable bonds is 7. The molecule has 0 bridgehead atoms. The van der Waals surface area contributed by atoms with Gasteiger partial charge in [-0.2, -0.15) is 5.10 Å². The number of hydrogen-bond donors (Lipinski definition) is 1. The molecule has 2 aromatic carbocycles. The minimum absolute atomic E-state index is 0.0185. The van der Waals surface area contributed by atoms with Crippen molar-refractivity contribution in [2.24, 2.45) is 0 Å². The van der Waals surface area contributed by atoms with Crippen LogP contribution in [0.1, 0.15) is 51.3 Å². The van der Waals surface area contributed by atoms with Crippen LogP contribution in [0.5, 0.6) is 0 Å². The van der Waals surface area contributed by atoms with Gasteiger partial charge in [0.05, 0.1) is 11.7 Å². The summed E-state index contributed by atoms with van der Waals surface area (Å²) in [4.78, 5) is 18.6. The fourth-order valence-electron chi connectivity index (χ4n) is 3.78. The maximum atomic E-state index is 12.8. The second-order valence-electron chi connectivity index (χ2n) is 8.52. The SMILES string of the molecule is CC(CC(C)(C)c1ccccc1)NC(=O)N(C)C(C)c1ccc(-n2cncn2)cc1. The second kappa shape index (κ2) is 9.11. The normalized spacial score (nSPS) is 13.5. The topological polar surface area (TPSA) is 63.1 Å². The summed E-state index contributed by atoms with van der Waals surface area (Å²) in [6.07, 6.45) is 4.03. The van der Waals surface area contributed by atoms with Gasteiger partial charge in [-0.25, -0.2) is 14.5 Å². The molecule has 0 saturated heterocycles. The molecular formula is C24H31N5O. The highest BCUT2D eigenvalue weighted by Gasteiger charge is 2.25. The molecular weight excluding hydrogens is 374 g/mol. The molecule has 2 unspecified atom stereocenters. The molecule has 1 heterocycles. The standard InChI is InChI=1S/C24H31N5O/c1-18(15-24(3,4)21-9-7-6-8-10-21)27-23(30)28(5)19(2)20-11-13-22(14-12-20)29-17-25-16-26-29/h6-14,16-19H,15H2,1-5H3,(H,27,30). The van der Waals surface area contributed by atoms with Gasteiger partial charge in [-0.1, -0.05) is 56.3 Å². The lowest BCUT2D eigenvalue weighted by atomic mass is 9.79. The fraction of sp³-hybridized carbons (Fsp3) is 0.375. The minimum atomic E-state index is -0.0702. The Morgan fingerprint density at radius 3 is 2.37 bits per heavy atom. The van der Waals surface area contributed by atoms with Gasteiger partial charge >= 0.3 is 6.03 Å². The number of hydrogen-bond acceptors (Lipinski definition) is 3. The van der Waals surface area contributed by atoms with E-state index >= 15 is 0 Å². The van der Waals surface area contributed by atoms with E-state index in [1.807, 2.05) is 44.3 Å². The van der Waals surface area contributed by atoms with Crippen LogP contribution in [-0.2, 0) is 5.41 Å². The van der Waals surface area contributed by atoms with E-state index in [9.17, 15) is 4.79 Å². The second-order valence-corrected chi connectivity index (χ2v) is 8.52. The van der Waals surface area contributed by atoms with E-state index in [-0.39, 0.29) is 23.5 Å². The average molecular weight is 406 g/mol. The zero-order valence-corrected chi connectivity index (χ0v) is 18.4. The Kier molecular flexibility index (Phi) is 6.55. The first-order valence-corrected chi connectivity index (χ1v) is 10.3. The maximum Gasteiger partial charge on any atom is 0.317 e. The van der Waals surface area contributed by atoms with E-state index in [1.54, 1.807) is 15.9 Å². The van der Waals surface area contributed by atoms with Crippen molar-refractivity contribution < 1.29 is 4.79 Å². The third kappa shape index (κ3) is 5.06. The zero-order chi connectivity index (χ0) is 21.7. The van der Waals surface area contributed by atoms with E-state index in [0.29, 0.717) is 0 Å². The fourth-order valence-corrected chi connectivity index (χ4v) is 3.78. The van der Waals surface area contributed by atoms with Crippen molar-refractivity contribution in [2.45, 2.75) is 51.6 Å². The lowest BCUT2D eigenvalue weighted by Crippen LogP contribution is -2.44. The average Bonchev–Trinajstić information content (AvgIpc) is 3.28. The first-order valence-electron chi connectivity index (χ1n) is 10.3. The summed E-state index contributed by atoms with van der Waals surface area (Å²) in [5.41, 5.74) is 3.26. The van der Waals surface area contributed by atoms with Crippen LogP contribution in [0.15, 0.2) is 67.3 Å². The first kappa shape index (κ1) is 21.6. The number of nitrogens with zero attached hydrogens (tertiary/aromatic N) is 4. The highest BCUT2D eigenvalue weighted by Crippen LogP contribution is 2.28. The van der Waals surface area contributed by atoms with E-state index in [0.717, 1.165) is 17.7 Å². The van der Waals surface area contributed by atoms with E-state index in [4.69, 9.17) is 0 Å². The van der Waals surface area contributed by atoms with Gasteiger partial charge in [0.2, 0.25) is 0 Å². The van der Waals surface area contributed by atoms with Crippen molar-refractivity contribution in [2.75, 3.05) is 7.05 Å². The third-order valence-corrected chi connectivity index (χ3v) is 5.70. The predicted molar refractivity (Wildman–Crippen MR) is 120 cm³/mol. The number of benzene rings is 2. The van der Waals surface area contributed by atoms with Crippen LogP contribution in [0.25, 0.3) is 5.69 Å². The summed E-state index contributed by atoms with van der Waals surface area (Å²) in [5.74, 6) is 0. The first-order chi connectivity index (χ1) is 14.3. The minimum Gasteiger partial charge on any atom is -0.335 e. The van der Waals surface area contributed by atoms with Crippen molar-refractivity contribution >= 4 is 6.03 Å². The van der Waals surface area contributed by atoms with Crippen LogP contribution < -0.4 is 5.32 Å². The predicted octanol–water partition coefficient (Wildman–Crippen LogP) is 4.73. The molecule has 0 spiro atoms. The van der Waals surface area contributed by atoms with Crippen molar-refractivity contribution in [1.82, 2.24) is 25.0 Å². The van der Waals surface area contributed by atoms with Gasteiger partial charge in [-0.15, -0.1) is 0 Å². The number of carbonyl (C=O) groups excluding carboxylic acids is 1. The molecule has 0 fully saturated rings. The Bertz CT molecular complexity index is 935. The number of aromatic nitrogens is 3. The van der Waals surface area contributed by atoms with Crippen LogP contribution in [0.2, 0.25) is 0 Å². The summed E-state index contributed by atoms with van der Waals surface area (Å²) < 4.78 is 1.71. The highest BCUT2D eigenvalue weighted by molar-refractivity contribution is 5.74. The lowest BCUT2D eigenvalue weighted by molar-refractivity contribution is 0.189. The van der Waals surface area contributed by atoms with Crippen LogP contribution in [0.4, 0.5) is 4.79 Å². The molecule has 158 valence electrons. The molecule has 2 atom stereocenters. The molecule has 1 N–H and O–H groups in total. The van der Waals surface area contributed by atoms with Gasteiger partial charge < -0.3 is 10.2 Å². The molecule has 3 rings (SSSR count). The molecule has 0 aliphatic heterocycles. The van der Waals surface area contributed by atoms with E-state index in [2.05, 4.69) is 60.4 Å². The van der Waals surface area contributed by atoms with Crippen LogP contribution in [0.3, 0.4) is 0 Å². The Morgan fingerprint density at radius 2 is 1.77 bits per heavy atom. The van der Waals surface area contributed by atoms with Gasteiger partial charge in [0, 0.05) is 13.1 Å². The molecule has 0 saturated carbocycles. The van der Waals surface area contributed by atoms with Crippen LogP contribution >= 0.6 is 0 Å². The zero-order valence-electron chi connectivity index (χ0n) is 18.4. The molecule has 1 aromatic heterocycles. The summed E-state index contributed by atoms with van der Waals surface area (Å²) in [7, 11) is 1.83. The third-order valence-electron chi connectivity index (χ3n) is 5.70. The van der Waals surface area contributed by atoms with Crippen LogP contribution in [0, 0.1) is 0 Å². The van der Waals surface area contributed by atoms with Gasteiger partial charge in [-0.05, 0) is 48.9 Å². The summed E-state index contributed by atoms with van der Waals surface area (Å²) >= 11 is 0. The van der Waals surface area contributed by atoms with Crippen molar-refractivity contribution in [1.29, 1.82) is 0 Å². The Balaban J connectivity index is 1.59. The molecule has 6 nitrogen and oxygen atoms in total. The van der Waals surface area contributed by atoms with Crippen molar-refractivity contribution in [3.63, 3.8) is 0 Å².